The largest absolute Gasteiger partial charge is 0.481 e. The third-order valence-electron chi connectivity index (χ3n) is 3.48. The maximum Gasteiger partial charge on any atom is 0.320 e. The molecule has 0 saturated heterocycles. The molecule has 1 rings (SSSR count). The van der Waals surface area contributed by atoms with Gasteiger partial charge in [-0.2, -0.15) is 0 Å². The number of carboxylic acids is 1. The Kier molecular flexibility index (Phi) is 6.68. The first-order valence-electron chi connectivity index (χ1n) is 7.10. The molecule has 21 heavy (non-hydrogen) atoms. The molecule has 1 unspecified atom stereocenters. The van der Waals surface area contributed by atoms with Gasteiger partial charge in [0.15, 0.2) is 0 Å². The second-order valence-corrected chi connectivity index (χ2v) is 6.49. The molecule has 6 heteroatoms. The van der Waals surface area contributed by atoms with Gasteiger partial charge in [0.1, 0.15) is 0 Å². The molecule has 1 atom stereocenters. The van der Waals surface area contributed by atoms with Gasteiger partial charge in [0.25, 0.3) is 0 Å². The molecule has 0 radical (unpaired) electrons. The van der Waals surface area contributed by atoms with Gasteiger partial charge in [-0.25, -0.2) is 4.79 Å². The molecule has 0 fully saturated rings. The molecule has 0 aliphatic rings. The van der Waals surface area contributed by atoms with Crippen molar-refractivity contribution in [3.63, 3.8) is 0 Å². The van der Waals surface area contributed by atoms with E-state index in [1.807, 2.05) is 32.2 Å². The number of urea groups is 1. The lowest BCUT2D eigenvalue weighted by molar-refractivity contribution is -0.137. The van der Waals surface area contributed by atoms with Gasteiger partial charge in [0.2, 0.25) is 0 Å². The van der Waals surface area contributed by atoms with E-state index in [1.54, 1.807) is 28.2 Å². The summed E-state index contributed by atoms with van der Waals surface area (Å²) in [6, 6.07) is 4.00. The van der Waals surface area contributed by atoms with Gasteiger partial charge in [-0.1, -0.05) is 6.07 Å². The van der Waals surface area contributed by atoms with Gasteiger partial charge in [-0.15, -0.1) is 11.3 Å². The highest BCUT2D eigenvalue weighted by molar-refractivity contribution is 7.09. The van der Waals surface area contributed by atoms with Crippen LogP contribution in [0.1, 0.15) is 32.1 Å². The molecule has 0 spiro atoms. The summed E-state index contributed by atoms with van der Waals surface area (Å²) in [6.07, 6.45) is 0.780. The van der Waals surface area contributed by atoms with Crippen molar-refractivity contribution in [2.75, 3.05) is 13.6 Å². The average molecular weight is 312 g/mol. The van der Waals surface area contributed by atoms with Crippen LogP contribution in [0, 0.1) is 0 Å². The minimum atomic E-state index is -0.886. The smallest absolute Gasteiger partial charge is 0.320 e. The number of hydrogen-bond acceptors (Lipinski definition) is 3. The summed E-state index contributed by atoms with van der Waals surface area (Å²) in [7, 11) is 1.77. The zero-order chi connectivity index (χ0) is 16.0. The van der Waals surface area contributed by atoms with E-state index in [1.165, 1.54) is 4.88 Å². The molecule has 1 N–H and O–H groups in total. The van der Waals surface area contributed by atoms with Gasteiger partial charge in [-0.3, -0.25) is 4.79 Å². The fourth-order valence-electron chi connectivity index (χ4n) is 2.04. The summed E-state index contributed by atoms with van der Waals surface area (Å²) in [5, 5.41) is 10.8. The van der Waals surface area contributed by atoms with Crippen LogP contribution in [0.25, 0.3) is 0 Å². The Morgan fingerprint density at radius 3 is 2.48 bits per heavy atom. The number of carbonyl (C=O) groups is 2. The Morgan fingerprint density at radius 1 is 1.33 bits per heavy atom. The van der Waals surface area contributed by atoms with Crippen molar-refractivity contribution in [3.8, 4) is 0 Å². The van der Waals surface area contributed by atoms with Gasteiger partial charge in [0, 0.05) is 37.0 Å². The number of aliphatic carboxylic acids is 1. The van der Waals surface area contributed by atoms with Crippen LogP contribution in [0.2, 0.25) is 0 Å². The highest BCUT2D eigenvalue weighted by Crippen LogP contribution is 2.15. The van der Waals surface area contributed by atoms with Crippen molar-refractivity contribution < 1.29 is 14.7 Å². The van der Waals surface area contributed by atoms with Crippen molar-refractivity contribution in [1.82, 2.24) is 9.80 Å². The molecular formula is C15H24N2O3S. The number of likely N-dealkylation sites (N-methyl/N-ethyl adjacent to an activating group) is 1. The number of rotatable bonds is 7. The first-order chi connectivity index (χ1) is 9.82. The van der Waals surface area contributed by atoms with E-state index in [4.69, 9.17) is 5.11 Å². The van der Waals surface area contributed by atoms with Gasteiger partial charge in [-0.05, 0) is 32.2 Å². The number of nitrogens with zero attached hydrogens (tertiary/aromatic N) is 2. The Labute approximate surface area is 130 Å². The van der Waals surface area contributed by atoms with E-state index in [0.717, 1.165) is 6.42 Å². The zero-order valence-electron chi connectivity index (χ0n) is 13.1. The van der Waals surface area contributed by atoms with E-state index >= 15 is 0 Å². The van der Waals surface area contributed by atoms with E-state index in [9.17, 15) is 9.59 Å². The predicted molar refractivity (Wildman–Crippen MR) is 84.7 cm³/mol. The van der Waals surface area contributed by atoms with Crippen LogP contribution in [0.3, 0.4) is 0 Å². The van der Waals surface area contributed by atoms with Crippen molar-refractivity contribution in [2.45, 2.75) is 45.7 Å². The average Bonchev–Trinajstić information content (AvgIpc) is 2.89. The number of carbonyl (C=O) groups excluding carboxylic acids is 1. The molecule has 5 nitrogen and oxygen atoms in total. The molecule has 0 bridgehead atoms. The molecule has 1 aromatic heterocycles. The number of amides is 2. The summed E-state index contributed by atoms with van der Waals surface area (Å²) >= 11 is 1.68. The molecule has 0 aromatic carbocycles. The number of thiophene rings is 1. The standard InChI is InChI=1S/C15H24N2O3S/c1-11(2)17(8-7-14(18)19)15(20)16(4)12(3)10-13-6-5-9-21-13/h5-6,9,11-12H,7-8,10H2,1-4H3,(H,18,19). The Balaban J connectivity index is 2.65. The molecule has 0 saturated carbocycles. The second kappa shape index (κ2) is 8.02. The molecule has 1 heterocycles. The molecule has 118 valence electrons. The van der Waals surface area contributed by atoms with Gasteiger partial charge >= 0.3 is 12.0 Å². The SMILES string of the molecule is CC(Cc1cccs1)N(C)C(=O)N(CCC(=O)O)C(C)C. The third kappa shape index (κ3) is 5.38. The lowest BCUT2D eigenvalue weighted by Gasteiger charge is -2.34. The summed E-state index contributed by atoms with van der Waals surface area (Å²) < 4.78 is 0. The predicted octanol–water partition coefficient (Wildman–Crippen LogP) is 2.92. The summed E-state index contributed by atoms with van der Waals surface area (Å²) in [6.45, 7) is 6.05. The summed E-state index contributed by atoms with van der Waals surface area (Å²) in [5.74, 6) is -0.886. The van der Waals surface area contributed by atoms with Crippen LogP contribution in [0.4, 0.5) is 4.79 Å². The minimum Gasteiger partial charge on any atom is -0.481 e. The third-order valence-corrected chi connectivity index (χ3v) is 4.37. The highest BCUT2D eigenvalue weighted by atomic mass is 32.1. The molecular weight excluding hydrogens is 288 g/mol. The second-order valence-electron chi connectivity index (χ2n) is 5.46. The lowest BCUT2D eigenvalue weighted by Crippen LogP contribution is -2.49. The van der Waals surface area contributed by atoms with Crippen LogP contribution in [-0.2, 0) is 11.2 Å². The Hall–Kier alpha value is -1.56. The normalized spacial score (nSPS) is 12.2. The topological polar surface area (TPSA) is 60.9 Å². The fraction of sp³-hybridized carbons (Fsp3) is 0.600. The zero-order valence-corrected chi connectivity index (χ0v) is 13.9. The van der Waals surface area contributed by atoms with Crippen molar-refractivity contribution >= 4 is 23.3 Å². The number of hydrogen-bond donors (Lipinski definition) is 1. The van der Waals surface area contributed by atoms with Crippen LogP contribution in [0.15, 0.2) is 17.5 Å². The van der Waals surface area contributed by atoms with E-state index in [2.05, 4.69) is 6.07 Å². The first-order valence-corrected chi connectivity index (χ1v) is 7.98. The lowest BCUT2D eigenvalue weighted by atomic mass is 10.2. The van der Waals surface area contributed by atoms with E-state index < -0.39 is 5.97 Å². The fourth-order valence-corrected chi connectivity index (χ4v) is 2.87. The van der Waals surface area contributed by atoms with Crippen LogP contribution >= 0.6 is 11.3 Å². The molecule has 0 aliphatic carbocycles. The van der Waals surface area contributed by atoms with Crippen molar-refractivity contribution in [1.29, 1.82) is 0 Å². The first kappa shape index (κ1) is 17.5. The molecule has 1 aromatic rings. The van der Waals surface area contributed by atoms with Crippen LogP contribution < -0.4 is 0 Å². The maximum absolute atomic E-state index is 12.5. The molecule has 2 amide bonds. The van der Waals surface area contributed by atoms with Crippen LogP contribution in [-0.4, -0.2) is 52.6 Å². The quantitative estimate of drug-likeness (QED) is 0.842. The Morgan fingerprint density at radius 2 is 2.00 bits per heavy atom. The summed E-state index contributed by atoms with van der Waals surface area (Å²) in [5.41, 5.74) is 0. The number of carboxylic acid groups (broad SMARTS) is 1. The Bertz CT molecular complexity index is 459. The van der Waals surface area contributed by atoms with E-state index in [-0.39, 0.29) is 31.1 Å². The van der Waals surface area contributed by atoms with Gasteiger partial charge in [0.05, 0.1) is 6.42 Å². The van der Waals surface area contributed by atoms with Gasteiger partial charge < -0.3 is 14.9 Å². The maximum atomic E-state index is 12.5. The monoisotopic (exact) mass is 312 g/mol. The summed E-state index contributed by atoms with van der Waals surface area (Å²) in [4.78, 5) is 27.8. The van der Waals surface area contributed by atoms with Crippen molar-refractivity contribution in [2.24, 2.45) is 0 Å². The van der Waals surface area contributed by atoms with E-state index in [0.29, 0.717) is 0 Å². The molecule has 0 aliphatic heterocycles. The highest BCUT2D eigenvalue weighted by Gasteiger charge is 2.24. The van der Waals surface area contributed by atoms with Crippen LogP contribution in [0.5, 0.6) is 0 Å². The van der Waals surface area contributed by atoms with Crippen molar-refractivity contribution in [3.05, 3.63) is 22.4 Å². The minimum absolute atomic E-state index is 0.0202.